The van der Waals surface area contributed by atoms with Gasteiger partial charge in [-0.15, -0.1) is 0 Å². The molecule has 2 atom stereocenters. The van der Waals surface area contributed by atoms with E-state index >= 15 is 0 Å². The molecule has 1 fully saturated rings. The standard InChI is InChI=1S/C12H18N2O3/c1-8-10(6-13-17-8)12(16)14-11-5-3-2-4-9(11)7-15/h6,9,11,15H,2-5,7H2,1H3,(H,14,16). The SMILES string of the molecule is Cc1oncc1C(=O)NC1CCCCC1CO. The molecule has 1 aliphatic rings. The Kier molecular flexibility index (Phi) is 3.78. The van der Waals surface area contributed by atoms with E-state index in [0.29, 0.717) is 11.3 Å². The molecule has 5 nitrogen and oxygen atoms in total. The van der Waals surface area contributed by atoms with E-state index in [9.17, 15) is 9.90 Å². The third-order valence-corrected chi connectivity index (χ3v) is 3.46. The van der Waals surface area contributed by atoms with Crippen molar-refractivity contribution in [3.8, 4) is 0 Å². The van der Waals surface area contributed by atoms with Crippen molar-refractivity contribution in [2.75, 3.05) is 6.61 Å². The molecule has 1 heterocycles. The first-order valence-electron chi connectivity index (χ1n) is 6.05. The fourth-order valence-corrected chi connectivity index (χ4v) is 2.38. The van der Waals surface area contributed by atoms with Crippen LogP contribution in [-0.4, -0.2) is 28.8 Å². The molecule has 0 aromatic carbocycles. The van der Waals surface area contributed by atoms with Gasteiger partial charge in [0.25, 0.3) is 5.91 Å². The summed E-state index contributed by atoms with van der Waals surface area (Å²) >= 11 is 0. The molecule has 0 bridgehead atoms. The van der Waals surface area contributed by atoms with Gasteiger partial charge in [-0.05, 0) is 19.8 Å². The Morgan fingerprint density at radius 2 is 2.35 bits per heavy atom. The molecule has 94 valence electrons. The Labute approximate surface area is 100 Å². The minimum absolute atomic E-state index is 0.0653. The molecule has 0 aliphatic heterocycles. The molecular formula is C12H18N2O3. The number of amides is 1. The van der Waals surface area contributed by atoms with Crippen molar-refractivity contribution in [3.05, 3.63) is 17.5 Å². The molecule has 2 N–H and O–H groups in total. The van der Waals surface area contributed by atoms with Gasteiger partial charge in [-0.1, -0.05) is 18.0 Å². The Morgan fingerprint density at radius 1 is 1.59 bits per heavy atom. The lowest BCUT2D eigenvalue weighted by Crippen LogP contribution is -2.43. The maximum atomic E-state index is 12.0. The number of aryl methyl sites for hydroxylation is 1. The Hall–Kier alpha value is -1.36. The third-order valence-electron chi connectivity index (χ3n) is 3.46. The van der Waals surface area contributed by atoms with E-state index < -0.39 is 0 Å². The van der Waals surface area contributed by atoms with Crippen LogP contribution in [0.3, 0.4) is 0 Å². The van der Waals surface area contributed by atoms with Crippen molar-refractivity contribution in [3.63, 3.8) is 0 Å². The summed E-state index contributed by atoms with van der Waals surface area (Å²) in [5.41, 5.74) is 0.479. The number of hydrogen-bond acceptors (Lipinski definition) is 4. The van der Waals surface area contributed by atoms with Crippen LogP contribution in [0.4, 0.5) is 0 Å². The highest BCUT2D eigenvalue weighted by molar-refractivity contribution is 5.94. The van der Waals surface area contributed by atoms with E-state index in [2.05, 4.69) is 10.5 Å². The summed E-state index contributed by atoms with van der Waals surface area (Å²) in [6.07, 6.45) is 5.57. The fourth-order valence-electron chi connectivity index (χ4n) is 2.38. The molecular weight excluding hydrogens is 220 g/mol. The Balaban J connectivity index is 2.00. The minimum atomic E-state index is -0.158. The number of nitrogens with zero attached hydrogens (tertiary/aromatic N) is 1. The van der Waals surface area contributed by atoms with Gasteiger partial charge in [0, 0.05) is 18.6 Å². The van der Waals surface area contributed by atoms with E-state index in [0.717, 1.165) is 25.7 Å². The molecule has 1 aromatic heterocycles. The van der Waals surface area contributed by atoms with Gasteiger partial charge in [0.15, 0.2) is 0 Å². The summed E-state index contributed by atoms with van der Waals surface area (Å²) in [4.78, 5) is 12.0. The summed E-state index contributed by atoms with van der Waals surface area (Å²) in [5, 5.41) is 15.8. The fraction of sp³-hybridized carbons (Fsp3) is 0.667. The van der Waals surface area contributed by atoms with Crippen LogP contribution in [0.25, 0.3) is 0 Å². The van der Waals surface area contributed by atoms with Gasteiger partial charge >= 0.3 is 0 Å². The average Bonchev–Trinajstić information content (AvgIpc) is 2.76. The van der Waals surface area contributed by atoms with E-state index in [4.69, 9.17) is 4.52 Å². The number of carbonyl (C=O) groups excluding carboxylic acids is 1. The monoisotopic (exact) mass is 238 g/mol. The van der Waals surface area contributed by atoms with Gasteiger partial charge in [-0.25, -0.2) is 0 Å². The van der Waals surface area contributed by atoms with Crippen LogP contribution in [0.2, 0.25) is 0 Å². The van der Waals surface area contributed by atoms with Crippen LogP contribution in [0.1, 0.15) is 41.8 Å². The van der Waals surface area contributed by atoms with Gasteiger partial charge in [0.1, 0.15) is 11.3 Å². The number of rotatable bonds is 3. The first kappa shape index (κ1) is 12.1. The molecule has 0 radical (unpaired) electrons. The van der Waals surface area contributed by atoms with E-state index in [-0.39, 0.29) is 24.5 Å². The van der Waals surface area contributed by atoms with E-state index in [1.54, 1.807) is 6.92 Å². The largest absolute Gasteiger partial charge is 0.396 e. The lowest BCUT2D eigenvalue weighted by molar-refractivity contribution is 0.0871. The van der Waals surface area contributed by atoms with Crippen molar-refractivity contribution < 1.29 is 14.4 Å². The molecule has 1 amide bonds. The van der Waals surface area contributed by atoms with Crippen LogP contribution >= 0.6 is 0 Å². The quantitative estimate of drug-likeness (QED) is 0.831. The second kappa shape index (κ2) is 5.31. The van der Waals surface area contributed by atoms with Crippen molar-refractivity contribution >= 4 is 5.91 Å². The predicted molar refractivity (Wildman–Crippen MR) is 61.5 cm³/mol. The first-order valence-corrected chi connectivity index (χ1v) is 6.05. The van der Waals surface area contributed by atoms with Crippen molar-refractivity contribution in [1.82, 2.24) is 10.5 Å². The number of aliphatic hydroxyl groups excluding tert-OH is 1. The average molecular weight is 238 g/mol. The van der Waals surface area contributed by atoms with Gasteiger partial charge < -0.3 is 14.9 Å². The highest BCUT2D eigenvalue weighted by atomic mass is 16.5. The summed E-state index contributed by atoms with van der Waals surface area (Å²) in [6.45, 7) is 1.85. The minimum Gasteiger partial charge on any atom is -0.396 e. The molecule has 17 heavy (non-hydrogen) atoms. The number of carbonyl (C=O) groups is 1. The topological polar surface area (TPSA) is 75.4 Å². The van der Waals surface area contributed by atoms with Crippen LogP contribution in [-0.2, 0) is 0 Å². The molecule has 1 aromatic rings. The number of aromatic nitrogens is 1. The van der Waals surface area contributed by atoms with Gasteiger partial charge in [0.05, 0.1) is 6.20 Å². The van der Waals surface area contributed by atoms with Crippen molar-refractivity contribution in [2.45, 2.75) is 38.6 Å². The van der Waals surface area contributed by atoms with Crippen LogP contribution in [0, 0.1) is 12.8 Å². The molecule has 0 saturated heterocycles. The zero-order valence-corrected chi connectivity index (χ0v) is 9.98. The zero-order chi connectivity index (χ0) is 12.3. The molecule has 5 heteroatoms. The first-order chi connectivity index (χ1) is 8.22. The number of nitrogens with one attached hydrogen (secondary N) is 1. The van der Waals surface area contributed by atoms with Gasteiger partial charge in [0.2, 0.25) is 0 Å². The van der Waals surface area contributed by atoms with Crippen molar-refractivity contribution in [1.29, 1.82) is 0 Å². The molecule has 2 unspecified atom stereocenters. The molecule has 0 spiro atoms. The summed E-state index contributed by atoms with van der Waals surface area (Å²) in [6, 6.07) is 0.0653. The molecule has 1 aliphatic carbocycles. The summed E-state index contributed by atoms with van der Waals surface area (Å²) < 4.78 is 4.87. The lowest BCUT2D eigenvalue weighted by atomic mass is 9.85. The summed E-state index contributed by atoms with van der Waals surface area (Å²) in [7, 11) is 0. The second-order valence-electron chi connectivity index (χ2n) is 4.60. The van der Waals surface area contributed by atoms with Crippen LogP contribution in [0.15, 0.2) is 10.7 Å². The predicted octanol–water partition coefficient (Wildman–Crippen LogP) is 1.26. The molecule has 1 saturated carbocycles. The van der Waals surface area contributed by atoms with Crippen LogP contribution in [0.5, 0.6) is 0 Å². The normalized spacial score (nSPS) is 24.6. The number of aliphatic hydroxyl groups is 1. The Morgan fingerprint density at radius 3 is 3.00 bits per heavy atom. The van der Waals surface area contributed by atoms with Crippen LogP contribution < -0.4 is 5.32 Å². The highest BCUT2D eigenvalue weighted by Gasteiger charge is 2.27. The summed E-state index contributed by atoms with van der Waals surface area (Å²) in [5.74, 6) is 0.542. The van der Waals surface area contributed by atoms with Gasteiger partial charge in [-0.3, -0.25) is 4.79 Å². The number of hydrogen-bond donors (Lipinski definition) is 2. The molecule has 2 rings (SSSR count). The van der Waals surface area contributed by atoms with Gasteiger partial charge in [-0.2, -0.15) is 0 Å². The zero-order valence-electron chi connectivity index (χ0n) is 9.98. The maximum absolute atomic E-state index is 12.0. The third kappa shape index (κ3) is 2.66. The van der Waals surface area contributed by atoms with E-state index in [1.165, 1.54) is 6.20 Å². The highest BCUT2D eigenvalue weighted by Crippen LogP contribution is 2.24. The second-order valence-corrected chi connectivity index (χ2v) is 4.60. The lowest BCUT2D eigenvalue weighted by Gasteiger charge is -2.30. The smallest absolute Gasteiger partial charge is 0.256 e. The van der Waals surface area contributed by atoms with Crippen molar-refractivity contribution in [2.24, 2.45) is 5.92 Å². The van der Waals surface area contributed by atoms with E-state index in [1.807, 2.05) is 0 Å². The Bertz CT molecular complexity index is 389. The maximum Gasteiger partial charge on any atom is 0.256 e.